The predicted octanol–water partition coefficient (Wildman–Crippen LogP) is 2.60. The smallest absolute Gasteiger partial charge is 0.325 e. The lowest BCUT2D eigenvalue weighted by Gasteiger charge is -2.22. The summed E-state index contributed by atoms with van der Waals surface area (Å²) in [6, 6.07) is 15.4. The van der Waals surface area contributed by atoms with Crippen molar-refractivity contribution in [1.82, 2.24) is 15.5 Å². The molecule has 1 fully saturated rings. The molecule has 1 atom stereocenters. The van der Waals surface area contributed by atoms with E-state index in [0.717, 1.165) is 27.3 Å². The van der Waals surface area contributed by atoms with E-state index in [2.05, 4.69) is 22.8 Å². The molecule has 2 aromatic rings. The quantitative estimate of drug-likeness (QED) is 0.437. The summed E-state index contributed by atoms with van der Waals surface area (Å²) in [6.07, 6.45) is 1.26. The van der Waals surface area contributed by atoms with Crippen molar-refractivity contribution >= 4 is 29.6 Å². The molecule has 0 bridgehead atoms. The molecule has 2 aromatic carbocycles. The Balaban J connectivity index is 1.31. The summed E-state index contributed by atoms with van der Waals surface area (Å²) in [5.74, 6) is 0.0460. The molecule has 2 N–H and O–H groups in total. The van der Waals surface area contributed by atoms with Crippen molar-refractivity contribution < 1.29 is 14.4 Å². The van der Waals surface area contributed by atoms with Gasteiger partial charge in [0.15, 0.2) is 0 Å². The van der Waals surface area contributed by atoms with Crippen molar-refractivity contribution in [3.8, 4) is 0 Å². The Morgan fingerprint density at radius 1 is 1.17 bits per heavy atom. The maximum atomic E-state index is 13.0. The standard InChI is InChI=1S/C22H23N3O3S/c1-15-6-8-17(9-7-15)29-13-12-23-19(26)14-25-20(27)22(24-21(25)28)11-10-16-4-2-3-5-18(16)22/h2-9H,10-14H2,1H3,(H,23,26)(H,24,28). The lowest BCUT2D eigenvalue weighted by molar-refractivity contribution is -0.135. The molecule has 2 aliphatic rings. The number of hydrogen-bond donors (Lipinski definition) is 2. The van der Waals surface area contributed by atoms with Crippen LogP contribution in [0.1, 0.15) is 23.1 Å². The average molecular weight is 410 g/mol. The summed E-state index contributed by atoms with van der Waals surface area (Å²) >= 11 is 1.65. The van der Waals surface area contributed by atoms with Gasteiger partial charge in [-0.05, 0) is 43.0 Å². The number of aryl methyl sites for hydroxylation is 2. The molecule has 29 heavy (non-hydrogen) atoms. The molecule has 0 saturated carbocycles. The Morgan fingerprint density at radius 3 is 2.72 bits per heavy atom. The van der Waals surface area contributed by atoms with Gasteiger partial charge in [-0.25, -0.2) is 4.79 Å². The van der Waals surface area contributed by atoms with Crippen LogP contribution in [0.3, 0.4) is 0 Å². The first-order valence-corrected chi connectivity index (χ1v) is 10.7. The predicted molar refractivity (Wildman–Crippen MR) is 112 cm³/mol. The van der Waals surface area contributed by atoms with E-state index < -0.39 is 11.6 Å². The molecule has 150 valence electrons. The highest BCUT2D eigenvalue weighted by Gasteiger charge is 2.55. The molecule has 1 heterocycles. The molecule has 1 unspecified atom stereocenters. The van der Waals surface area contributed by atoms with Gasteiger partial charge in [0, 0.05) is 17.2 Å². The van der Waals surface area contributed by atoms with E-state index in [4.69, 9.17) is 0 Å². The molecular weight excluding hydrogens is 386 g/mol. The molecule has 4 amide bonds. The van der Waals surface area contributed by atoms with Gasteiger partial charge in [-0.2, -0.15) is 0 Å². The highest BCUT2D eigenvalue weighted by Crippen LogP contribution is 2.41. The third-order valence-corrected chi connectivity index (χ3v) is 6.45. The van der Waals surface area contributed by atoms with Gasteiger partial charge in [-0.15, -0.1) is 11.8 Å². The summed E-state index contributed by atoms with van der Waals surface area (Å²) in [7, 11) is 0. The van der Waals surface area contributed by atoms with Crippen LogP contribution in [0.25, 0.3) is 0 Å². The Kier molecular flexibility index (Phi) is 5.32. The van der Waals surface area contributed by atoms with Gasteiger partial charge in [-0.3, -0.25) is 14.5 Å². The number of carbonyl (C=O) groups is 3. The van der Waals surface area contributed by atoms with Crippen LogP contribution in [0.5, 0.6) is 0 Å². The van der Waals surface area contributed by atoms with E-state index in [-0.39, 0.29) is 18.4 Å². The van der Waals surface area contributed by atoms with E-state index in [1.807, 2.05) is 43.3 Å². The van der Waals surface area contributed by atoms with Crippen molar-refractivity contribution in [3.63, 3.8) is 0 Å². The van der Waals surface area contributed by atoms with Crippen LogP contribution in [0.15, 0.2) is 53.4 Å². The molecule has 1 aliphatic heterocycles. The van der Waals surface area contributed by atoms with E-state index in [9.17, 15) is 14.4 Å². The first-order valence-electron chi connectivity index (χ1n) is 9.68. The van der Waals surface area contributed by atoms with Gasteiger partial charge in [-0.1, -0.05) is 42.0 Å². The molecule has 1 spiro atoms. The first kappa shape index (κ1) is 19.5. The van der Waals surface area contributed by atoms with Crippen LogP contribution in [-0.2, 0) is 21.5 Å². The molecular formula is C22H23N3O3S. The number of hydrogen-bond acceptors (Lipinski definition) is 4. The molecule has 6 nitrogen and oxygen atoms in total. The molecule has 0 radical (unpaired) electrons. The number of rotatable bonds is 6. The van der Waals surface area contributed by atoms with Gasteiger partial charge in [0.2, 0.25) is 5.91 Å². The van der Waals surface area contributed by atoms with Gasteiger partial charge in [0.05, 0.1) is 0 Å². The molecule has 4 rings (SSSR count). The second-order valence-electron chi connectivity index (χ2n) is 7.40. The topological polar surface area (TPSA) is 78.5 Å². The minimum absolute atomic E-state index is 0.260. The first-order chi connectivity index (χ1) is 14.0. The SMILES string of the molecule is Cc1ccc(SCCNC(=O)CN2C(=O)NC3(CCc4ccccc43)C2=O)cc1. The molecule has 1 saturated heterocycles. The maximum absolute atomic E-state index is 13.0. The van der Waals surface area contributed by atoms with E-state index in [1.165, 1.54) is 5.56 Å². The van der Waals surface area contributed by atoms with E-state index in [1.54, 1.807) is 11.8 Å². The minimum Gasteiger partial charge on any atom is -0.354 e. The zero-order valence-corrected chi connectivity index (χ0v) is 17.1. The molecule has 7 heteroatoms. The highest BCUT2D eigenvalue weighted by atomic mass is 32.2. The fourth-order valence-corrected chi connectivity index (χ4v) is 4.69. The Morgan fingerprint density at radius 2 is 1.93 bits per heavy atom. The van der Waals surface area contributed by atoms with Crippen LogP contribution in [0.4, 0.5) is 4.79 Å². The lowest BCUT2D eigenvalue weighted by atomic mass is 9.92. The van der Waals surface area contributed by atoms with Crippen LogP contribution in [0, 0.1) is 6.92 Å². The minimum atomic E-state index is -1.02. The van der Waals surface area contributed by atoms with Gasteiger partial charge < -0.3 is 10.6 Å². The third-order valence-electron chi connectivity index (χ3n) is 5.44. The second kappa shape index (κ2) is 7.91. The van der Waals surface area contributed by atoms with Crippen LogP contribution in [0.2, 0.25) is 0 Å². The van der Waals surface area contributed by atoms with Crippen molar-refractivity contribution in [3.05, 3.63) is 65.2 Å². The Hall–Kier alpha value is -2.80. The van der Waals surface area contributed by atoms with Crippen molar-refractivity contribution in [2.24, 2.45) is 0 Å². The zero-order chi connectivity index (χ0) is 20.4. The van der Waals surface area contributed by atoms with Crippen LogP contribution in [-0.4, -0.2) is 41.6 Å². The van der Waals surface area contributed by atoms with E-state index >= 15 is 0 Å². The fourth-order valence-electron chi connectivity index (χ4n) is 3.93. The number of urea groups is 1. The van der Waals surface area contributed by atoms with Crippen LogP contribution >= 0.6 is 11.8 Å². The number of nitrogens with one attached hydrogen (secondary N) is 2. The summed E-state index contributed by atoms with van der Waals surface area (Å²) in [6.45, 7) is 2.25. The average Bonchev–Trinajstić information content (AvgIpc) is 3.20. The summed E-state index contributed by atoms with van der Waals surface area (Å²) in [4.78, 5) is 40.0. The number of benzene rings is 2. The summed E-state index contributed by atoms with van der Waals surface area (Å²) in [5.41, 5.74) is 2.10. The van der Waals surface area contributed by atoms with Gasteiger partial charge >= 0.3 is 6.03 Å². The summed E-state index contributed by atoms with van der Waals surface area (Å²) < 4.78 is 0. The monoisotopic (exact) mass is 409 g/mol. The van der Waals surface area contributed by atoms with Crippen LogP contribution < -0.4 is 10.6 Å². The van der Waals surface area contributed by atoms with Gasteiger partial charge in [0.25, 0.3) is 5.91 Å². The zero-order valence-electron chi connectivity index (χ0n) is 16.2. The molecule has 1 aliphatic carbocycles. The third kappa shape index (κ3) is 3.74. The van der Waals surface area contributed by atoms with Gasteiger partial charge in [0.1, 0.15) is 12.1 Å². The lowest BCUT2D eigenvalue weighted by Crippen LogP contribution is -2.44. The van der Waals surface area contributed by atoms with Crippen molar-refractivity contribution in [1.29, 1.82) is 0 Å². The van der Waals surface area contributed by atoms with E-state index in [0.29, 0.717) is 18.7 Å². The van der Waals surface area contributed by atoms with Crippen molar-refractivity contribution in [2.75, 3.05) is 18.8 Å². The number of thioether (sulfide) groups is 1. The maximum Gasteiger partial charge on any atom is 0.325 e. The number of fused-ring (bicyclic) bond motifs is 2. The largest absolute Gasteiger partial charge is 0.354 e. The number of amides is 4. The Bertz CT molecular complexity index is 960. The number of nitrogens with zero attached hydrogens (tertiary/aromatic N) is 1. The highest BCUT2D eigenvalue weighted by molar-refractivity contribution is 7.99. The number of carbonyl (C=O) groups excluding carboxylic acids is 3. The number of imide groups is 1. The normalized spacial score (nSPS) is 20.1. The molecule has 0 aromatic heterocycles. The Labute approximate surface area is 174 Å². The second-order valence-corrected chi connectivity index (χ2v) is 8.56. The fraction of sp³-hybridized carbons (Fsp3) is 0.318. The van der Waals surface area contributed by atoms with Crippen molar-refractivity contribution in [2.45, 2.75) is 30.2 Å². The summed E-state index contributed by atoms with van der Waals surface area (Å²) in [5, 5.41) is 5.63.